The van der Waals surface area contributed by atoms with Gasteiger partial charge in [-0.25, -0.2) is 13.2 Å². The van der Waals surface area contributed by atoms with Crippen LogP contribution < -0.4 is 4.72 Å². The molecule has 0 aromatic heterocycles. The van der Waals surface area contributed by atoms with Crippen LogP contribution in [0.15, 0.2) is 18.2 Å². The number of nitrogens with one attached hydrogen (secondary N) is 1. The fourth-order valence-corrected chi connectivity index (χ4v) is 1.89. The van der Waals surface area contributed by atoms with E-state index in [1.54, 1.807) is 26.0 Å². The number of aryl methyl sites for hydroxylation is 1. The van der Waals surface area contributed by atoms with Crippen LogP contribution in [0.4, 0.5) is 5.69 Å². The summed E-state index contributed by atoms with van der Waals surface area (Å²) in [6.45, 7) is 3.74. The van der Waals surface area contributed by atoms with Crippen LogP contribution in [0.1, 0.15) is 22.8 Å². The SMILES string of the molecule is CCOC(=O)c1ccc(C)c(NS(C)(=O)=O)c1. The molecule has 0 spiro atoms. The number of benzene rings is 1. The van der Waals surface area contributed by atoms with Crippen LogP contribution in [0, 0.1) is 6.92 Å². The third kappa shape index (κ3) is 4.07. The third-order valence-corrected chi connectivity index (χ3v) is 2.63. The highest BCUT2D eigenvalue weighted by atomic mass is 32.2. The van der Waals surface area contributed by atoms with Crippen molar-refractivity contribution in [3.8, 4) is 0 Å². The van der Waals surface area contributed by atoms with Gasteiger partial charge in [0.2, 0.25) is 10.0 Å². The van der Waals surface area contributed by atoms with Gasteiger partial charge >= 0.3 is 5.97 Å². The molecule has 0 aliphatic rings. The van der Waals surface area contributed by atoms with Gasteiger partial charge in [0.1, 0.15) is 0 Å². The standard InChI is InChI=1S/C11H15NO4S/c1-4-16-11(13)9-6-5-8(2)10(7-9)12-17(3,14)15/h5-7,12H,4H2,1-3H3. The van der Waals surface area contributed by atoms with Crippen molar-refractivity contribution in [2.24, 2.45) is 0 Å². The van der Waals surface area contributed by atoms with Gasteiger partial charge < -0.3 is 4.74 Å². The lowest BCUT2D eigenvalue weighted by atomic mass is 10.1. The van der Waals surface area contributed by atoms with Crippen LogP contribution in [0.3, 0.4) is 0 Å². The molecule has 0 aliphatic carbocycles. The van der Waals surface area contributed by atoms with E-state index in [9.17, 15) is 13.2 Å². The van der Waals surface area contributed by atoms with Crippen molar-refractivity contribution in [3.05, 3.63) is 29.3 Å². The molecule has 0 amide bonds. The van der Waals surface area contributed by atoms with Crippen molar-refractivity contribution in [2.75, 3.05) is 17.6 Å². The van der Waals surface area contributed by atoms with E-state index >= 15 is 0 Å². The van der Waals surface area contributed by atoms with E-state index in [4.69, 9.17) is 4.74 Å². The van der Waals surface area contributed by atoms with Gasteiger partial charge in [-0.3, -0.25) is 4.72 Å². The van der Waals surface area contributed by atoms with E-state index in [0.29, 0.717) is 11.3 Å². The maximum absolute atomic E-state index is 11.5. The van der Waals surface area contributed by atoms with Gasteiger partial charge in [0.15, 0.2) is 0 Å². The Bertz CT molecular complexity index is 522. The Morgan fingerprint density at radius 2 is 2.06 bits per heavy atom. The van der Waals surface area contributed by atoms with E-state index in [1.807, 2.05) is 0 Å². The number of anilines is 1. The zero-order chi connectivity index (χ0) is 13.1. The van der Waals surface area contributed by atoms with E-state index in [2.05, 4.69) is 4.72 Å². The smallest absolute Gasteiger partial charge is 0.338 e. The van der Waals surface area contributed by atoms with Gasteiger partial charge in [-0.05, 0) is 31.5 Å². The average Bonchev–Trinajstić information content (AvgIpc) is 2.19. The summed E-state index contributed by atoms with van der Waals surface area (Å²) in [7, 11) is -3.36. The molecular weight excluding hydrogens is 242 g/mol. The predicted molar refractivity (Wildman–Crippen MR) is 65.6 cm³/mol. The topological polar surface area (TPSA) is 72.5 Å². The fraction of sp³-hybridized carbons (Fsp3) is 0.364. The van der Waals surface area contributed by atoms with Gasteiger partial charge in [0.25, 0.3) is 0 Å². The van der Waals surface area contributed by atoms with Crippen LogP contribution in [0.25, 0.3) is 0 Å². The second-order valence-corrected chi connectivity index (χ2v) is 5.37. The quantitative estimate of drug-likeness (QED) is 0.830. The molecule has 0 aliphatic heterocycles. The van der Waals surface area contributed by atoms with Gasteiger partial charge in [0.05, 0.1) is 24.1 Å². The average molecular weight is 257 g/mol. The largest absolute Gasteiger partial charge is 0.462 e. The number of ether oxygens (including phenoxy) is 1. The molecule has 0 fully saturated rings. The van der Waals surface area contributed by atoms with Gasteiger partial charge in [-0.2, -0.15) is 0 Å². The minimum Gasteiger partial charge on any atom is -0.462 e. The van der Waals surface area contributed by atoms with Crippen molar-refractivity contribution in [1.82, 2.24) is 0 Å². The Kier molecular flexibility index (Phi) is 4.11. The Morgan fingerprint density at radius 1 is 1.41 bits per heavy atom. The molecule has 1 rings (SSSR count). The first-order valence-corrected chi connectivity index (χ1v) is 6.98. The molecule has 6 heteroatoms. The maximum atomic E-state index is 11.5. The molecular formula is C11H15NO4S. The normalized spacial score (nSPS) is 11.0. The van der Waals surface area contributed by atoms with Gasteiger partial charge in [-0.1, -0.05) is 6.07 Å². The molecule has 94 valence electrons. The molecule has 5 nitrogen and oxygen atoms in total. The molecule has 0 heterocycles. The van der Waals surface area contributed by atoms with Crippen LogP contribution in [-0.4, -0.2) is 27.2 Å². The summed E-state index contributed by atoms with van der Waals surface area (Å²) in [5.74, 6) is -0.468. The van der Waals surface area contributed by atoms with Crippen LogP contribution in [0.5, 0.6) is 0 Å². The van der Waals surface area contributed by atoms with Crippen molar-refractivity contribution in [3.63, 3.8) is 0 Å². The molecule has 0 bridgehead atoms. The van der Waals surface area contributed by atoms with Crippen molar-refractivity contribution >= 4 is 21.7 Å². The summed E-state index contributed by atoms with van der Waals surface area (Å²) in [5.41, 5.74) is 1.45. The van der Waals surface area contributed by atoms with E-state index in [1.165, 1.54) is 6.07 Å². The summed E-state index contributed by atoms with van der Waals surface area (Å²) in [6.07, 6.45) is 1.06. The first-order valence-electron chi connectivity index (χ1n) is 5.09. The minimum atomic E-state index is -3.36. The lowest BCUT2D eigenvalue weighted by Gasteiger charge is -2.09. The van der Waals surface area contributed by atoms with Crippen LogP contribution in [0.2, 0.25) is 0 Å². The lowest BCUT2D eigenvalue weighted by molar-refractivity contribution is 0.0526. The van der Waals surface area contributed by atoms with E-state index in [-0.39, 0.29) is 6.61 Å². The second kappa shape index (κ2) is 5.18. The van der Waals surface area contributed by atoms with E-state index < -0.39 is 16.0 Å². The highest BCUT2D eigenvalue weighted by Crippen LogP contribution is 2.18. The lowest BCUT2D eigenvalue weighted by Crippen LogP contribution is -2.12. The van der Waals surface area contributed by atoms with Crippen LogP contribution >= 0.6 is 0 Å². The number of hydrogen-bond donors (Lipinski definition) is 1. The summed E-state index contributed by atoms with van der Waals surface area (Å²) in [4.78, 5) is 11.5. The molecule has 0 radical (unpaired) electrons. The number of rotatable bonds is 4. The predicted octanol–water partition coefficient (Wildman–Crippen LogP) is 1.54. The first kappa shape index (κ1) is 13.5. The molecule has 1 aromatic rings. The number of sulfonamides is 1. The third-order valence-electron chi connectivity index (χ3n) is 2.04. The molecule has 0 saturated heterocycles. The zero-order valence-electron chi connectivity index (χ0n) is 9.98. The molecule has 1 aromatic carbocycles. The van der Waals surface area contributed by atoms with Crippen molar-refractivity contribution in [2.45, 2.75) is 13.8 Å². The molecule has 0 atom stereocenters. The summed E-state index contributed by atoms with van der Waals surface area (Å²) in [6, 6.07) is 4.73. The minimum absolute atomic E-state index is 0.279. The summed E-state index contributed by atoms with van der Waals surface area (Å²) >= 11 is 0. The molecule has 17 heavy (non-hydrogen) atoms. The fourth-order valence-electron chi connectivity index (χ4n) is 1.27. The molecule has 1 N–H and O–H groups in total. The Balaban J connectivity index is 3.06. The van der Waals surface area contributed by atoms with E-state index in [0.717, 1.165) is 11.8 Å². The van der Waals surface area contributed by atoms with Crippen molar-refractivity contribution < 1.29 is 17.9 Å². The van der Waals surface area contributed by atoms with Gasteiger partial charge in [0, 0.05) is 0 Å². The maximum Gasteiger partial charge on any atom is 0.338 e. The Morgan fingerprint density at radius 3 is 2.59 bits per heavy atom. The van der Waals surface area contributed by atoms with Crippen molar-refractivity contribution in [1.29, 1.82) is 0 Å². The summed E-state index contributed by atoms with van der Waals surface area (Å²) < 4.78 is 29.5. The molecule has 0 unspecified atom stereocenters. The summed E-state index contributed by atoms with van der Waals surface area (Å²) in [5, 5.41) is 0. The van der Waals surface area contributed by atoms with Crippen LogP contribution in [-0.2, 0) is 14.8 Å². The highest BCUT2D eigenvalue weighted by molar-refractivity contribution is 7.92. The second-order valence-electron chi connectivity index (χ2n) is 3.62. The number of carbonyl (C=O) groups excluding carboxylic acids is 1. The zero-order valence-corrected chi connectivity index (χ0v) is 10.8. The highest BCUT2D eigenvalue weighted by Gasteiger charge is 2.11. The monoisotopic (exact) mass is 257 g/mol. The Hall–Kier alpha value is -1.56. The molecule has 0 saturated carbocycles. The van der Waals surface area contributed by atoms with Gasteiger partial charge in [-0.15, -0.1) is 0 Å². The first-order chi connectivity index (χ1) is 7.83. The Labute approximate surface area is 101 Å². The number of carbonyl (C=O) groups is 1. The number of hydrogen-bond acceptors (Lipinski definition) is 4. The number of esters is 1.